The number of nitrogens with one attached hydrogen (secondary N) is 1. The Kier molecular flexibility index (Phi) is 7.21. The maximum absolute atomic E-state index is 14.2. The molecule has 0 saturated heterocycles. The van der Waals surface area contributed by atoms with E-state index < -0.39 is 33.8 Å². The summed E-state index contributed by atoms with van der Waals surface area (Å²) in [6, 6.07) is 8.14. The van der Waals surface area contributed by atoms with Crippen molar-refractivity contribution in [2.75, 3.05) is 22.5 Å². The predicted molar refractivity (Wildman–Crippen MR) is 109 cm³/mol. The van der Waals surface area contributed by atoms with Crippen molar-refractivity contribution in [1.29, 1.82) is 0 Å². The number of amides is 1. The molecule has 0 bridgehead atoms. The molecule has 156 valence electrons. The Hall–Kier alpha value is -2.65. The zero-order valence-electron chi connectivity index (χ0n) is 16.0. The molecule has 10 heteroatoms. The van der Waals surface area contributed by atoms with E-state index in [1.807, 2.05) is 0 Å². The maximum Gasteiger partial charge on any atom is 0.339 e. The topological polar surface area (TPSA) is 92.8 Å². The van der Waals surface area contributed by atoms with Crippen molar-refractivity contribution in [3.8, 4) is 0 Å². The Morgan fingerprint density at radius 2 is 1.90 bits per heavy atom. The van der Waals surface area contributed by atoms with Crippen LogP contribution in [0.1, 0.15) is 24.2 Å². The monoisotopic (exact) mass is 442 g/mol. The Balaban J connectivity index is 2.28. The van der Waals surface area contributed by atoms with Crippen molar-refractivity contribution < 1.29 is 27.1 Å². The van der Waals surface area contributed by atoms with Crippen LogP contribution in [0.2, 0.25) is 5.02 Å². The van der Waals surface area contributed by atoms with Gasteiger partial charge in [-0.2, -0.15) is 0 Å². The molecular formula is C19H20ClFN2O5S. The van der Waals surface area contributed by atoms with Gasteiger partial charge >= 0.3 is 5.97 Å². The number of ether oxygens (including phenoxy) is 1. The maximum atomic E-state index is 14.2. The molecule has 0 fully saturated rings. The van der Waals surface area contributed by atoms with Crippen LogP contribution in [0.3, 0.4) is 0 Å². The molecule has 0 saturated carbocycles. The number of sulfonamides is 1. The van der Waals surface area contributed by atoms with Gasteiger partial charge in [0, 0.05) is 5.69 Å². The Morgan fingerprint density at radius 1 is 1.24 bits per heavy atom. The fourth-order valence-corrected chi connectivity index (χ4v) is 4.06. The van der Waals surface area contributed by atoms with E-state index in [0.29, 0.717) is 4.31 Å². The van der Waals surface area contributed by atoms with Gasteiger partial charge in [-0.05, 0) is 44.2 Å². The molecule has 29 heavy (non-hydrogen) atoms. The Bertz CT molecular complexity index is 1030. The minimum atomic E-state index is -3.96. The largest absolute Gasteiger partial charge is 0.462 e. The van der Waals surface area contributed by atoms with Crippen LogP contribution >= 0.6 is 11.6 Å². The minimum absolute atomic E-state index is 0.0583. The third-order valence-corrected chi connectivity index (χ3v) is 5.45. The van der Waals surface area contributed by atoms with Crippen LogP contribution in [0.25, 0.3) is 0 Å². The smallest absolute Gasteiger partial charge is 0.339 e. The lowest BCUT2D eigenvalue weighted by atomic mass is 10.2. The van der Waals surface area contributed by atoms with Gasteiger partial charge in [0.2, 0.25) is 15.9 Å². The normalized spacial score (nSPS) is 12.2. The van der Waals surface area contributed by atoms with E-state index in [0.717, 1.165) is 12.3 Å². The van der Waals surface area contributed by atoms with Crippen molar-refractivity contribution in [3.63, 3.8) is 0 Å². The highest BCUT2D eigenvalue weighted by Crippen LogP contribution is 2.26. The fourth-order valence-electron chi connectivity index (χ4n) is 2.63. The van der Waals surface area contributed by atoms with E-state index in [2.05, 4.69) is 5.32 Å². The van der Waals surface area contributed by atoms with Gasteiger partial charge in [-0.25, -0.2) is 17.6 Å². The molecule has 2 aromatic carbocycles. The second-order valence-electron chi connectivity index (χ2n) is 6.09. The van der Waals surface area contributed by atoms with E-state index in [4.69, 9.17) is 16.3 Å². The second kappa shape index (κ2) is 9.23. The fraction of sp³-hybridized carbons (Fsp3) is 0.263. The van der Waals surface area contributed by atoms with Gasteiger partial charge < -0.3 is 10.1 Å². The molecule has 0 aliphatic heterocycles. The molecule has 1 atom stereocenters. The van der Waals surface area contributed by atoms with Gasteiger partial charge in [-0.3, -0.25) is 9.10 Å². The lowest BCUT2D eigenvalue weighted by molar-refractivity contribution is -0.116. The molecule has 0 radical (unpaired) electrons. The third-order valence-electron chi connectivity index (χ3n) is 3.91. The van der Waals surface area contributed by atoms with Crippen molar-refractivity contribution in [3.05, 3.63) is 58.9 Å². The van der Waals surface area contributed by atoms with Crippen molar-refractivity contribution in [2.45, 2.75) is 19.9 Å². The van der Waals surface area contributed by atoms with Gasteiger partial charge in [-0.15, -0.1) is 0 Å². The molecule has 1 amide bonds. The molecule has 1 N–H and O–H groups in total. The molecule has 0 aliphatic carbocycles. The van der Waals surface area contributed by atoms with Crippen LogP contribution in [-0.2, 0) is 19.6 Å². The van der Waals surface area contributed by atoms with E-state index in [-0.39, 0.29) is 28.6 Å². The minimum Gasteiger partial charge on any atom is -0.462 e. The number of halogens is 2. The molecule has 0 aliphatic rings. The second-order valence-corrected chi connectivity index (χ2v) is 8.36. The quantitative estimate of drug-likeness (QED) is 0.663. The SMILES string of the molecule is CCOC(=O)c1ccc(NC(=O)[C@@H](C)N(c2ccccc2F)S(C)(=O)=O)cc1Cl. The number of nitrogens with zero attached hydrogens (tertiary/aromatic N) is 1. The number of esters is 1. The summed E-state index contributed by atoms with van der Waals surface area (Å²) >= 11 is 6.07. The number of hydrogen-bond acceptors (Lipinski definition) is 5. The van der Waals surface area contributed by atoms with Gasteiger partial charge in [0.25, 0.3) is 0 Å². The number of benzene rings is 2. The average Bonchev–Trinajstić information content (AvgIpc) is 2.62. The van der Waals surface area contributed by atoms with Crippen molar-refractivity contribution >= 4 is 44.9 Å². The molecule has 0 heterocycles. The number of anilines is 2. The first kappa shape index (κ1) is 22.6. The van der Waals surface area contributed by atoms with Crippen LogP contribution in [0.4, 0.5) is 15.8 Å². The third kappa shape index (κ3) is 5.45. The van der Waals surface area contributed by atoms with E-state index in [1.165, 1.54) is 43.3 Å². The van der Waals surface area contributed by atoms with Crippen molar-refractivity contribution in [1.82, 2.24) is 0 Å². The Labute approximate surface area is 173 Å². The molecule has 2 aromatic rings. The van der Waals surface area contributed by atoms with Crippen LogP contribution in [0, 0.1) is 5.82 Å². The summed E-state index contributed by atoms with van der Waals surface area (Å²) in [5, 5.41) is 2.58. The van der Waals surface area contributed by atoms with E-state index in [1.54, 1.807) is 6.92 Å². The van der Waals surface area contributed by atoms with Gasteiger partial charge in [0.15, 0.2) is 0 Å². The summed E-state index contributed by atoms with van der Waals surface area (Å²) in [7, 11) is -3.96. The average molecular weight is 443 g/mol. The lowest BCUT2D eigenvalue weighted by Crippen LogP contribution is -2.45. The molecule has 2 rings (SSSR count). The summed E-state index contributed by atoms with van der Waals surface area (Å²) in [6.45, 7) is 3.17. The molecule has 0 spiro atoms. The highest BCUT2D eigenvalue weighted by atomic mass is 35.5. The summed E-state index contributed by atoms with van der Waals surface area (Å²) in [5.74, 6) is -2.09. The van der Waals surface area contributed by atoms with Crippen molar-refractivity contribution in [2.24, 2.45) is 0 Å². The molecule has 7 nitrogen and oxygen atoms in total. The molecule has 0 unspecified atom stereocenters. The Morgan fingerprint density at radius 3 is 2.45 bits per heavy atom. The summed E-state index contributed by atoms with van der Waals surface area (Å²) in [6.07, 6.45) is 0.883. The van der Waals surface area contributed by atoms with Gasteiger partial charge in [-0.1, -0.05) is 23.7 Å². The van der Waals surface area contributed by atoms with Gasteiger partial charge in [0.05, 0.1) is 29.1 Å². The first-order valence-electron chi connectivity index (χ1n) is 8.57. The first-order chi connectivity index (χ1) is 13.6. The van der Waals surface area contributed by atoms with Gasteiger partial charge in [0.1, 0.15) is 11.9 Å². The number of hydrogen-bond donors (Lipinski definition) is 1. The standard InChI is InChI=1S/C19H20ClFN2O5S/c1-4-28-19(25)14-10-9-13(11-15(14)20)22-18(24)12(2)23(29(3,26)27)17-8-6-5-7-16(17)21/h5-12H,4H2,1-3H3,(H,22,24)/t12-/m1/s1. The number of para-hydroxylation sites is 1. The summed E-state index contributed by atoms with van der Waals surface area (Å²) < 4.78 is 44.2. The lowest BCUT2D eigenvalue weighted by Gasteiger charge is -2.28. The van der Waals surface area contributed by atoms with Crippen LogP contribution in [0.5, 0.6) is 0 Å². The van der Waals surface area contributed by atoms with Crippen LogP contribution in [-0.4, -0.2) is 39.2 Å². The number of rotatable bonds is 7. The zero-order chi connectivity index (χ0) is 21.8. The summed E-state index contributed by atoms with van der Waals surface area (Å²) in [5.41, 5.74) is 0.124. The molecule has 0 aromatic heterocycles. The zero-order valence-corrected chi connectivity index (χ0v) is 17.6. The van der Waals surface area contributed by atoms with Crippen LogP contribution < -0.4 is 9.62 Å². The number of carbonyl (C=O) groups excluding carboxylic acids is 2. The highest BCUT2D eigenvalue weighted by molar-refractivity contribution is 7.92. The first-order valence-corrected chi connectivity index (χ1v) is 10.8. The summed E-state index contributed by atoms with van der Waals surface area (Å²) in [4.78, 5) is 24.4. The molecular weight excluding hydrogens is 423 g/mol. The number of carbonyl (C=O) groups is 2. The predicted octanol–water partition coefficient (Wildman–Crippen LogP) is 3.45. The van der Waals surface area contributed by atoms with E-state index >= 15 is 0 Å². The van der Waals surface area contributed by atoms with E-state index in [9.17, 15) is 22.4 Å². The van der Waals surface area contributed by atoms with Crippen LogP contribution in [0.15, 0.2) is 42.5 Å². The highest BCUT2D eigenvalue weighted by Gasteiger charge is 2.31.